The normalized spacial score (nSPS) is 19.6. The van der Waals surface area contributed by atoms with Gasteiger partial charge in [-0.3, -0.25) is 0 Å². The molecule has 0 saturated carbocycles. The number of alkyl halides is 9. The number of hydrogen-bond donors (Lipinski definition) is 0. The minimum absolute atomic E-state index is 0.0374. The number of hydrogen-bond acceptors (Lipinski definition) is 2. The molecule has 0 spiro atoms. The predicted molar refractivity (Wildman–Crippen MR) is 87.4 cm³/mol. The summed E-state index contributed by atoms with van der Waals surface area (Å²) in [7, 11) is 0. The molecule has 1 saturated heterocycles. The maximum absolute atomic E-state index is 13.3. The SMILES string of the molecule is FC(F)(F)C(F)(F)C(F)(F)C(F)(F)CCCCCCCCCOC1CCCCO1. The van der Waals surface area contributed by atoms with Gasteiger partial charge in [0.05, 0.1) is 0 Å². The van der Waals surface area contributed by atoms with Gasteiger partial charge in [0.15, 0.2) is 6.29 Å². The van der Waals surface area contributed by atoms with E-state index in [-0.39, 0.29) is 12.7 Å². The molecule has 2 nitrogen and oxygen atoms in total. The van der Waals surface area contributed by atoms with Crippen LogP contribution in [0.5, 0.6) is 0 Å². The van der Waals surface area contributed by atoms with Gasteiger partial charge in [0.25, 0.3) is 0 Å². The van der Waals surface area contributed by atoms with Crippen LogP contribution in [0, 0.1) is 0 Å². The van der Waals surface area contributed by atoms with Crippen molar-refractivity contribution in [1.82, 2.24) is 0 Å². The Kier molecular flexibility index (Phi) is 10.0. The quantitative estimate of drug-likeness (QED) is 0.222. The molecule has 0 amide bonds. The van der Waals surface area contributed by atoms with Gasteiger partial charge in [-0.15, -0.1) is 0 Å². The van der Waals surface area contributed by atoms with Crippen LogP contribution in [0.25, 0.3) is 0 Å². The first-order valence-corrected chi connectivity index (χ1v) is 9.76. The number of unbranched alkanes of at least 4 members (excludes halogenated alkanes) is 6. The maximum atomic E-state index is 13.3. The maximum Gasteiger partial charge on any atom is 0.460 e. The van der Waals surface area contributed by atoms with E-state index in [1.807, 2.05) is 0 Å². The molecule has 0 bridgehead atoms. The Hall–Kier alpha value is -0.710. The molecule has 0 aromatic carbocycles. The van der Waals surface area contributed by atoms with E-state index < -0.39 is 36.8 Å². The lowest BCUT2D eigenvalue weighted by Gasteiger charge is -2.33. The lowest BCUT2D eigenvalue weighted by molar-refractivity contribution is -0.396. The van der Waals surface area contributed by atoms with Crippen molar-refractivity contribution in [2.75, 3.05) is 13.2 Å². The van der Waals surface area contributed by atoms with Gasteiger partial charge in [-0.2, -0.15) is 39.5 Å². The van der Waals surface area contributed by atoms with Gasteiger partial charge in [0.2, 0.25) is 0 Å². The smallest absolute Gasteiger partial charge is 0.353 e. The zero-order chi connectivity index (χ0) is 22.2. The predicted octanol–water partition coefficient (Wildman–Crippen LogP) is 7.12. The second-order valence-electron chi connectivity index (χ2n) is 7.24. The third-order valence-corrected chi connectivity index (χ3v) is 4.79. The molecule has 1 aliphatic heterocycles. The monoisotopic (exact) mass is 446 g/mol. The average Bonchev–Trinajstić information content (AvgIpc) is 2.62. The lowest BCUT2D eigenvalue weighted by Crippen LogP contribution is -2.60. The summed E-state index contributed by atoms with van der Waals surface area (Å²) in [6.45, 7) is 1.21. The van der Waals surface area contributed by atoms with E-state index in [1.54, 1.807) is 0 Å². The Morgan fingerprint density at radius 3 is 1.76 bits per heavy atom. The fraction of sp³-hybridized carbons (Fsp3) is 1.00. The Bertz CT molecular complexity index is 461. The number of rotatable bonds is 13. The van der Waals surface area contributed by atoms with Crippen LogP contribution in [0.3, 0.4) is 0 Å². The molecule has 0 N–H and O–H groups in total. The molecule has 0 aromatic heterocycles. The van der Waals surface area contributed by atoms with Gasteiger partial charge in [-0.1, -0.05) is 32.1 Å². The second kappa shape index (κ2) is 11.1. The highest BCUT2D eigenvalue weighted by atomic mass is 19.4. The Morgan fingerprint density at radius 1 is 0.690 bits per heavy atom. The van der Waals surface area contributed by atoms with Crippen molar-refractivity contribution >= 4 is 0 Å². The van der Waals surface area contributed by atoms with Crippen molar-refractivity contribution < 1.29 is 49.0 Å². The molecule has 1 atom stereocenters. The van der Waals surface area contributed by atoms with Crippen LogP contribution < -0.4 is 0 Å². The van der Waals surface area contributed by atoms with E-state index in [2.05, 4.69) is 0 Å². The zero-order valence-electron chi connectivity index (χ0n) is 16.0. The van der Waals surface area contributed by atoms with Crippen molar-refractivity contribution in [3.8, 4) is 0 Å². The molecular weight excluding hydrogens is 419 g/mol. The molecule has 1 heterocycles. The molecule has 174 valence electrons. The van der Waals surface area contributed by atoms with Gasteiger partial charge in [-0.05, 0) is 32.1 Å². The largest absolute Gasteiger partial charge is 0.460 e. The number of ether oxygens (including phenoxy) is 2. The molecule has 0 radical (unpaired) electrons. The van der Waals surface area contributed by atoms with Gasteiger partial charge in [-0.25, -0.2) is 0 Å². The van der Waals surface area contributed by atoms with E-state index >= 15 is 0 Å². The van der Waals surface area contributed by atoms with Crippen LogP contribution in [0.4, 0.5) is 39.5 Å². The molecule has 0 aliphatic carbocycles. The van der Waals surface area contributed by atoms with Crippen molar-refractivity contribution in [3.05, 3.63) is 0 Å². The minimum Gasteiger partial charge on any atom is -0.353 e. The lowest BCUT2D eigenvalue weighted by atomic mass is 9.98. The molecule has 1 unspecified atom stereocenters. The highest BCUT2D eigenvalue weighted by Crippen LogP contribution is 2.54. The summed E-state index contributed by atoms with van der Waals surface area (Å²) in [5.74, 6) is -18.8. The standard InChI is InChI=1S/C18H27F9O2/c19-15(20,16(21,22)17(23,24)18(25,26)27)11-7-4-2-1-3-5-8-12-28-14-10-6-9-13-29-14/h14H,1-13H2. The zero-order valence-corrected chi connectivity index (χ0v) is 16.0. The van der Waals surface area contributed by atoms with Gasteiger partial charge in [0, 0.05) is 19.6 Å². The Morgan fingerprint density at radius 2 is 1.24 bits per heavy atom. The van der Waals surface area contributed by atoms with Crippen molar-refractivity contribution in [2.45, 2.75) is 101 Å². The van der Waals surface area contributed by atoms with Crippen LogP contribution in [0.1, 0.15) is 70.6 Å². The molecule has 11 heteroatoms. The first-order valence-electron chi connectivity index (χ1n) is 9.76. The summed E-state index contributed by atoms with van der Waals surface area (Å²) in [5.41, 5.74) is 0. The van der Waals surface area contributed by atoms with Gasteiger partial charge in [0.1, 0.15) is 0 Å². The topological polar surface area (TPSA) is 18.5 Å². The summed E-state index contributed by atoms with van der Waals surface area (Å²) < 4.78 is 125. The van der Waals surface area contributed by atoms with E-state index in [1.165, 1.54) is 0 Å². The summed E-state index contributed by atoms with van der Waals surface area (Å²) in [5, 5.41) is 0. The summed E-state index contributed by atoms with van der Waals surface area (Å²) in [4.78, 5) is 0. The van der Waals surface area contributed by atoms with Crippen LogP contribution in [0.15, 0.2) is 0 Å². The molecule has 0 aromatic rings. The molecule has 1 aliphatic rings. The summed E-state index contributed by atoms with van der Waals surface area (Å²) in [6.07, 6.45) is -2.93. The fourth-order valence-corrected chi connectivity index (χ4v) is 2.96. The van der Waals surface area contributed by atoms with E-state index in [9.17, 15) is 39.5 Å². The van der Waals surface area contributed by atoms with Crippen molar-refractivity contribution in [3.63, 3.8) is 0 Å². The van der Waals surface area contributed by atoms with E-state index in [0.717, 1.165) is 38.5 Å². The Labute approximate surface area is 164 Å². The third kappa shape index (κ3) is 7.48. The average molecular weight is 446 g/mol. The van der Waals surface area contributed by atoms with Gasteiger partial charge < -0.3 is 9.47 Å². The van der Waals surface area contributed by atoms with Crippen LogP contribution in [-0.2, 0) is 9.47 Å². The van der Waals surface area contributed by atoms with Gasteiger partial charge >= 0.3 is 23.9 Å². The summed E-state index contributed by atoms with van der Waals surface area (Å²) >= 11 is 0. The van der Waals surface area contributed by atoms with Crippen molar-refractivity contribution in [2.24, 2.45) is 0 Å². The molecule has 29 heavy (non-hydrogen) atoms. The van der Waals surface area contributed by atoms with E-state index in [4.69, 9.17) is 9.47 Å². The molecule has 1 fully saturated rings. The second-order valence-corrected chi connectivity index (χ2v) is 7.24. The van der Waals surface area contributed by atoms with Crippen LogP contribution >= 0.6 is 0 Å². The van der Waals surface area contributed by atoms with Crippen LogP contribution in [-0.4, -0.2) is 43.4 Å². The first kappa shape index (κ1) is 26.3. The van der Waals surface area contributed by atoms with E-state index in [0.29, 0.717) is 26.1 Å². The highest BCUT2D eigenvalue weighted by Gasteiger charge is 2.81. The van der Waals surface area contributed by atoms with Crippen LogP contribution in [0.2, 0.25) is 0 Å². The molecular formula is C18H27F9O2. The third-order valence-electron chi connectivity index (χ3n) is 4.79. The first-order chi connectivity index (χ1) is 13.3. The highest BCUT2D eigenvalue weighted by molar-refractivity contribution is 5.00. The minimum atomic E-state index is -6.80. The molecule has 1 rings (SSSR count). The fourth-order valence-electron chi connectivity index (χ4n) is 2.96. The Balaban J connectivity index is 2.15. The number of halogens is 9. The summed E-state index contributed by atoms with van der Waals surface area (Å²) in [6, 6.07) is 0. The van der Waals surface area contributed by atoms with Crippen molar-refractivity contribution in [1.29, 1.82) is 0 Å².